The average molecular weight is 534 g/mol. The molecule has 1 heterocycles. The maximum atomic E-state index is 12.3. The van der Waals surface area contributed by atoms with E-state index in [1.54, 1.807) is 18.2 Å². The molecule has 2 amide bonds. The normalized spacial score (nSPS) is 11.0. The molecule has 0 atom stereocenters. The minimum Gasteiger partial charge on any atom is -0.493 e. The van der Waals surface area contributed by atoms with E-state index in [-0.39, 0.29) is 18.3 Å². The van der Waals surface area contributed by atoms with Crippen LogP contribution in [0.15, 0.2) is 70.9 Å². The molecule has 4 N–H and O–H groups in total. The van der Waals surface area contributed by atoms with E-state index < -0.39 is 5.91 Å². The summed E-state index contributed by atoms with van der Waals surface area (Å²) in [6.45, 7) is 0.232. The Labute approximate surface area is 223 Å². The first-order valence-corrected chi connectivity index (χ1v) is 12.6. The van der Waals surface area contributed by atoms with Crippen molar-refractivity contribution in [3.05, 3.63) is 72.1 Å². The summed E-state index contributed by atoms with van der Waals surface area (Å²) >= 11 is 1.26. The van der Waals surface area contributed by atoms with Crippen molar-refractivity contribution in [2.24, 2.45) is 17.9 Å². The minimum atomic E-state index is -0.589. The van der Waals surface area contributed by atoms with Gasteiger partial charge in [0.15, 0.2) is 29.1 Å². The van der Waals surface area contributed by atoms with Crippen LogP contribution in [0.25, 0.3) is 10.8 Å². The second kappa shape index (κ2) is 12.6. The molecular weight excluding hydrogens is 506 g/mol. The maximum absolute atomic E-state index is 12.3. The van der Waals surface area contributed by atoms with E-state index in [1.807, 2.05) is 35.9 Å². The Morgan fingerprint density at radius 3 is 2.74 bits per heavy atom. The van der Waals surface area contributed by atoms with Gasteiger partial charge in [0.25, 0.3) is 11.8 Å². The number of thioether (sulfide) groups is 1. The van der Waals surface area contributed by atoms with Gasteiger partial charge in [-0.3, -0.25) is 9.59 Å². The third-order valence-corrected chi connectivity index (χ3v) is 6.46. The summed E-state index contributed by atoms with van der Waals surface area (Å²) in [6.07, 6.45) is 1.47. The lowest BCUT2D eigenvalue weighted by atomic mass is 10.1. The topological polar surface area (TPSA) is 146 Å². The largest absolute Gasteiger partial charge is 0.493 e. The minimum absolute atomic E-state index is 0.114. The summed E-state index contributed by atoms with van der Waals surface area (Å²) in [5.74, 6) is 0.760. The molecule has 0 unspecified atom stereocenters. The quantitative estimate of drug-likeness (QED) is 0.143. The monoisotopic (exact) mass is 533 g/mol. The Kier molecular flexibility index (Phi) is 8.77. The molecule has 0 saturated carbocycles. The number of amides is 2. The van der Waals surface area contributed by atoms with Gasteiger partial charge in [-0.2, -0.15) is 5.10 Å². The highest BCUT2D eigenvalue weighted by atomic mass is 32.2. The fourth-order valence-corrected chi connectivity index (χ4v) is 4.27. The van der Waals surface area contributed by atoms with Gasteiger partial charge in [-0.15, -0.1) is 10.2 Å². The highest BCUT2D eigenvalue weighted by Crippen LogP contribution is 2.27. The first-order chi connectivity index (χ1) is 18.4. The number of fused-ring (bicyclic) bond motifs is 1. The summed E-state index contributed by atoms with van der Waals surface area (Å²) in [7, 11) is 3.34. The lowest BCUT2D eigenvalue weighted by molar-refractivity contribution is -0.120. The fraction of sp³-hybridized carbons (Fsp3) is 0.192. The first kappa shape index (κ1) is 26.5. The van der Waals surface area contributed by atoms with E-state index in [4.69, 9.17) is 15.2 Å². The highest BCUT2D eigenvalue weighted by Gasteiger charge is 2.12. The lowest BCUT2D eigenvalue weighted by Gasteiger charge is -2.10. The number of hydrogen-bond acceptors (Lipinski definition) is 9. The number of hydrogen-bond donors (Lipinski definition) is 3. The molecule has 0 aliphatic rings. The van der Waals surface area contributed by atoms with E-state index in [0.717, 1.165) is 22.3 Å². The van der Waals surface area contributed by atoms with Crippen LogP contribution in [0.5, 0.6) is 11.5 Å². The molecule has 38 heavy (non-hydrogen) atoms. The van der Waals surface area contributed by atoms with Crippen LogP contribution in [0.2, 0.25) is 0 Å². The van der Waals surface area contributed by atoms with Gasteiger partial charge >= 0.3 is 0 Å². The summed E-state index contributed by atoms with van der Waals surface area (Å²) < 4.78 is 12.4. The van der Waals surface area contributed by atoms with E-state index in [1.165, 1.54) is 25.1 Å². The summed E-state index contributed by atoms with van der Waals surface area (Å²) in [5.41, 5.74) is 9.27. The van der Waals surface area contributed by atoms with Crippen molar-refractivity contribution in [2.75, 3.05) is 24.8 Å². The van der Waals surface area contributed by atoms with E-state index in [2.05, 4.69) is 44.2 Å². The van der Waals surface area contributed by atoms with Crippen molar-refractivity contribution in [1.82, 2.24) is 20.2 Å². The molecule has 0 bridgehead atoms. The first-order valence-electron chi connectivity index (χ1n) is 11.6. The molecule has 0 spiro atoms. The Morgan fingerprint density at radius 2 is 1.92 bits per heavy atom. The lowest BCUT2D eigenvalue weighted by Crippen LogP contribution is -2.20. The number of aromatic nitrogens is 3. The highest BCUT2D eigenvalue weighted by molar-refractivity contribution is 7.99. The van der Waals surface area contributed by atoms with Gasteiger partial charge in [0.1, 0.15) is 0 Å². The van der Waals surface area contributed by atoms with Gasteiger partial charge in [0, 0.05) is 18.1 Å². The fourth-order valence-electron chi connectivity index (χ4n) is 3.55. The molecule has 0 aliphatic carbocycles. The third-order valence-electron chi connectivity index (χ3n) is 5.44. The van der Waals surface area contributed by atoms with Crippen LogP contribution in [-0.4, -0.2) is 52.3 Å². The Hall–Kier alpha value is -4.58. The standard InChI is InChI=1S/C26H27N7O4S/c1-33-24(14-28-20-9-5-7-18-6-3-4-8-19(18)20)30-32-26(33)38-16-25(35)31-29-13-17-10-11-21(22(12-17)36-2)37-15-23(27)34/h3-13,28H,14-16H2,1-2H3,(H2,27,34)(H,31,35). The second-order valence-electron chi connectivity index (χ2n) is 8.09. The second-order valence-corrected chi connectivity index (χ2v) is 9.03. The number of nitrogens with zero attached hydrogens (tertiary/aromatic N) is 4. The summed E-state index contributed by atoms with van der Waals surface area (Å²) in [6, 6.07) is 19.3. The van der Waals surface area contributed by atoms with Crippen LogP contribution >= 0.6 is 11.8 Å². The Balaban J connectivity index is 1.27. The SMILES string of the molecule is COc1cc(C=NNC(=O)CSc2nnc(CNc3cccc4ccccc34)n2C)ccc1OCC(N)=O. The molecule has 11 nitrogen and oxygen atoms in total. The van der Waals surface area contributed by atoms with Crippen LogP contribution in [0.4, 0.5) is 5.69 Å². The molecular formula is C26H27N7O4S. The van der Waals surface area contributed by atoms with E-state index >= 15 is 0 Å². The van der Waals surface area contributed by atoms with Gasteiger partial charge in [-0.25, -0.2) is 5.43 Å². The number of carbonyl (C=O) groups is 2. The number of ether oxygens (including phenoxy) is 2. The predicted molar refractivity (Wildman–Crippen MR) is 146 cm³/mol. The van der Waals surface area contributed by atoms with Gasteiger partial charge in [-0.05, 0) is 35.2 Å². The van der Waals surface area contributed by atoms with Crippen molar-refractivity contribution in [3.63, 3.8) is 0 Å². The maximum Gasteiger partial charge on any atom is 0.255 e. The van der Waals surface area contributed by atoms with Crippen molar-refractivity contribution in [3.8, 4) is 11.5 Å². The number of carbonyl (C=O) groups excluding carboxylic acids is 2. The average Bonchev–Trinajstić information content (AvgIpc) is 3.28. The van der Waals surface area contributed by atoms with Crippen molar-refractivity contribution in [2.45, 2.75) is 11.7 Å². The molecule has 0 radical (unpaired) electrons. The van der Waals surface area contributed by atoms with Crippen molar-refractivity contribution >= 4 is 46.3 Å². The van der Waals surface area contributed by atoms with Crippen molar-refractivity contribution < 1.29 is 19.1 Å². The van der Waals surface area contributed by atoms with Crippen molar-refractivity contribution in [1.29, 1.82) is 0 Å². The predicted octanol–water partition coefficient (Wildman–Crippen LogP) is 2.70. The number of primary amides is 1. The smallest absolute Gasteiger partial charge is 0.255 e. The number of nitrogens with one attached hydrogen (secondary N) is 2. The Bertz CT molecular complexity index is 1470. The zero-order valence-electron chi connectivity index (χ0n) is 20.9. The van der Waals surface area contributed by atoms with Gasteiger partial charge in [0.05, 0.1) is 25.6 Å². The molecule has 196 valence electrons. The summed E-state index contributed by atoms with van der Waals surface area (Å²) in [5, 5.41) is 18.8. The third kappa shape index (κ3) is 6.79. The number of methoxy groups -OCH3 is 1. The zero-order chi connectivity index (χ0) is 26.9. The van der Waals surface area contributed by atoms with E-state index in [9.17, 15) is 9.59 Å². The molecule has 0 aliphatic heterocycles. The molecule has 4 rings (SSSR count). The van der Waals surface area contributed by atoms with Crippen LogP contribution in [0, 0.1) is 0 Å². The molecule has 0 fully saturated rings. The van der Waals surface area contributed by atoms with Crippen LogP contribution in [-0.2, 0) is 23.2 Å². The molecule has 1 aromatic heterocycles. The zero-order valence-corrected chi connectivity index (χ0v) is 21.7. The Morgan fingerprint density at radius 1 is 1.11 bits per heavy atom. The van der Waals surface area contributed by atoms with Gasteiger partial charge in [0.2, 0.25) is 0 Å². The number of anilines is 1. The molecule has 4 aromatic rings. The van der Waals surface area contributed by atoms with Gasteiger partial charge < -0.3 is 25.1 Å². The number of nitrogens with two attached hydrogens (primary N) is 1. The molecule has 0 saturated heterocycles. The van der Waals surface area contributed by atoms with Crippen LogP contribution < -0.4 is 25.9 Å². The van der Waals surface area contributed by atoms with Gasteiger partial charge in [-0.1, -0.05) is 48.2 Å². The van der Waals surface area contributed by atoms with Crippen LogP contribution in [0.1, 0.15) is 11.4 Å². The number of benzene rings is 3. The summed E-state index contributed by atoms with van der Waals surface area (Å²) in [4.78, 5) is 23.2. The number of hydrazone groups is 1. The molecule has 3 aromatic carbocycles. The molecule has 12 heteroatoms. The van der Waals surface area contributed by atoms with Crippen LogP contribution in [0.3, 0.4) is 0 Å². The van der Waals surface area contributed by atoms with E-state index in [0.29, 0.717) is 28.8 Å². The number of rotatable bonds is 12.